The van der Waals surface area contributed by atoms with Crippen LogP contribution in [0.2, 0.25) is 0 Å². The lowest BCUT2D eigenvalue weighted by molar-refractivity contribution is 0.402. The van der Waals surface area contributed by atoms with E-state index in [4.69, 9.17) is 15.4 Å². The SMILES string of the molecule is CCNS(=O)(=O)c1ccc(OC)c(S(=O)(=O)Cl)c1. The quantitative estimate of drug-likeness (QED) is 0.816. The predicted molar refractivity (Wildman–Crippen MR) is 66.9 cm³/mol. The minimum absolute atomic E-state index is 0.0135. The molecule has 9 heteroatoms. The third-order valence-corrected chi connectivity index (χ3v) is 4.93. The molecule has 0 atom stereocenters. The van der Waals surface area contributed by atoms with Gasteiger partial charge in [0.1, 0.15) is 10.6 Å². The smallest absolute Gasteiger partial charge is 0.265 e. The average molecular weight is 314 g/mol. The molecule has 0 bridgehead atoms. The first kappa shape index (κ1) is 15.2. The van der Waals surface area contributed by atoms with E-state index in [1.807, 2.05) is 0 Å². The maximum absolute atomic E-state index is 11.7. The van der Waals surface area contributed by atoms with Crippen LogP contribution in [-0.4, -0.2) is 30.5 Å². The highest BCUT2D eigenvalue weighted by molar-refractivity contribution is 8.13. The Kier molecular flexibility index (Phi) is 4.60. The molecule has 1 N–H and O–H groups in total. The largest absolute Gasteiger partial charge is 0.495 e. The van der Waals surface area contributed by atoms with Crippen LogP contribution in [0.15, 0.2) is 28.0 Å². The molecule has 1 aromatic carbocycles. The molecule has 0 spiro atoms. The van der Waals surface area contributed by atoms with E-state index < -0.39 is 19.1 Å². The predicted octanol–water partition coefficient (Wildman–Crippen LogP) is 0.921. The summed E-state index contributed by atoms with van der Waals surface area (Å²) in [6.07, 6.45) is 0. The molecule has 1 aromatic rings. The van der Waals surface area contributed by atoms with Crippen molar-refractivity contribution in [2.75, 3.05) is 13.7 Å². The van der Waals surface area contributed by atoms with Gasteiger partial charge in [0.2, 0.25) is 10.0 Å². The molecule has 0 saturated heterocycles. The molecule has 18 heavy (non-hydrogen) atoms. The summed E-state index contributed by atoms with van der Waals surface area (Å²) in [6, 6.07) is 3.43. The molecule has 6 nitrogen and oxygen atoms in total. The van der Waals surface area contributed by atoms with Gasteiger partial charge in [0.05, 0.1) is 12.0 Å². The third-order valence-electron chi connectivity index (χ3n) is 2.04. The van der Waals surface area contributed by atoms with Gasteiger partial charge >= 0.3 is 0 Å². The number of rotatable bonds is 5. The van der Waals surface area contributed by atoms with Crippen LogP contribution in [-0.2, 0) is 19.1 Å². The molecular weight excluding hydrogens is 302 g/mol. The molecule has 0 aliphatic heterocycles. The summed E-state index contributed by atoms with van der Waals surface area (Å²) in [4.78, 5) is -0.574. The molecular formula is C9H12ClNO5S2. The first-order valence-electron chi connectivity index (χ1n) is 4.84. The number of ether oxygens (including phenoxy) is 1. The lowest BCUT2D eigenvalue weighted by Gasteiger charge is -2.09. The fraction of sp³-hybridized carbons (Fsp3) is 0.333. The minimum Gasteiger partial charge on any atom is -0.495 e. The Morgan fingerprint density at radius 3 is 2.33 bits per heavy atom. The Morgan fingerprint density at radius 2 is 1.89 bits per heavy atom. The summed E-state index contributed by atoms with van der Waals surface area (Å²) >= 11 is 0. The van der Waals surface area contributed by atoms with E-state index >= 15 is 0 Å². The van der Waals surface area contributed by atoms with Crippen molar-refractivity contribution in [3.05, 3.63) is 18.2 Å². The van der Waals surface area contributed by atoms with Gasteiger partial charge in [-0.2, -0.15) is 0 Å². The van der Waals surface area contributed by atoms with Crippen LogP contribution >= 0.6 is 10.7 Å². The molecule has 0 aliphatic carbocycles. The molecule has 0 amide bonds. The maximum Gasteiger partial charge on any atom is 0.265 e. The Balaban J connectivity index is 3.46. The van der Waals surface area contributed by atoms with E-state index in [1.54, 1.807) is 6.92 Å². The summed E-state index contributed by atoms with van der Waals surface area (Å²) in [6.45, 7) is 1.80. The normalized spacial score (nSPS) is 12.4. The highest BCUT2D eigenvalue weighted by Crippen LogP contribution is 2.29. The van der Waals surface area contributed by atoms with Crippen molar-refractivity contribution in [1.82, 2.24) is 4.72 Å². The topological polar surface area (TPSA) is 89.5 Å². The van der Waals surface area contributed by atoms with Gasteiger partial charge < -0.3 is 4.74 Å². The van der Waals surface area contributed by atoms with Crippen LogP contribution in [0.3, 0.4) is 0 Å². The van der Waals surface area contributed by atoms with Crippen LogP contribution in [0.25, 0.3) is 0 Å². The molecule has 0 aliphatic rings. The molecule has 102 valence electrons. The summed E-state index contributed by atoms with van der Waals surface area (Å²) in [7, 11) is -1.35. The minimum atomic E-state index is -4.09. The van der Waals surface area contributed by atoms with Crippen molar-refractivity contribution >= 4 is 29.8 Å². The zero-order valence-corrected chi connectivity index (χ0v) is 12.1. The maximum atomic E-state index is 11.7. The van der Waals surface area contributed by atoms with E-state index in [0.29, 0.717) is 0 Å². The number of halogens is 1. The van der Waals surface area contributed by atoms with E-state index in [-0.39, 0.29) is 22.1 Å². The van der Waals surface area contributed by atoms with Gasteiger partial charge in [-0.25, -0.2) is 21.6 Å². The molecule has 0 heterocycles. The second-order valence-electron chi connectivity index (χ2n) is 3.25. The van der Waals surface area contributed by atoms with Gasteiger partial charge in [0, 0.05) is 17.2 Å². The van der Waals surface area contributed by atoms with Gasteiger partial charge in [0.25, 0.3) is 9.05 Å². The van der Waals surface area contributed by atoms with Crippen molar-refractivity contribution in [3.63, 3.8) is 0 Å². The number of methoxy groups -OCH3 is 1. The summed E-state index contributed by atoms with van der Waals surface area (Å²) in [5, 5.41) is 0. The lowest BCUT2D eigenvalue weighted by Crippen LogP contribution is -2.23. The van der Waals surface area contributed by atoms with Gasteiger partial charge in [-0.05, 0) is 18.2 Å². The second kappa shape index (κ2) is 5.43. The van der Waals surface area contributed by atoms with Crippen LogP contribution in [0.5, 0.6) is 5.75 Å². The van der Waals surface area contributed by atoms with E-state index in [0.717, 1.165) is 6.07 Å². The van der Waals surface area contributed by atoms with Crippen molar-refractivity contribution in [3.8, 4) is 5.75 Å². The molecule has 0 aromatic heterocycles. The number of hydrogen-bond acceptors (Lipinski definition) is 5. The first-order valence-corrected chi connectivity index (χ1v) is 8.64. The lowest BCUT2D eigenvalue weighted by atomic mass is 10.3. The number of hydrogen-bond donors (Lipinski definition) is 1. The Bertz CT molecular complexity index is 639. The van der Waals surface area contributed by atoms with Crippen LogP contribution in [0, 0.1) is 0 Å². The molecule has 0 radical (unpaired) electrons. The molecule has 0 fully saturated rings. The van der Waals surface area contributed by atoms with Crippen molar-refractivity contribution in [2.24, 2.45) is 0 Å². The number of benzene rings is 1. The highest BCUT2D eigenvalue weighted by atomic mass is 35.7. The first-order chi connectivity index (χ1) is 8.22. The van der Waals surface area contributed by atoms with Gasteiger partial charge in [0.15, 0.2) is 0 Å². The molecule has 0 saturated carbocycles. The van der Waals surface area contributed by atoms with Gasteiger partial charge in [-0.1, -0.05) is 6.92 Å². The summed E-state index contributed by atoms with van der Waals surface area (Å²) < 4.78 is 53.2. The number of nitrogens with one attached hydrogen (secondary N) is 1. The van der Waals surface area contributed by atoms with E-state index in [2.05, 4.69) is 4.72 Å². The van der Waals surface area contributed by atoms with Crippen LogP contribution in [0.4, 0.5) is 0 Å². The zero-order valence-electron chi connectivity index (χ0n) is 9.67. The Labute approximate surface area is 110 Å². The van der Waals surface area contributed by atoms with Gasteiger partial charge in [-0.3, -0.25) is 0 Å². The average Bonchev–Trinajstić information content (AvgIpc) is 2.27. The Morgan fingerprint density at radius 1 is 1.28 bits per heavy atom. The van der Waals surface area contributed by atoms with Crippen LogP contribution in [0.1, 0.15) is 6.92 Å². The molecule has 1 rings (SSSR count). The van der Waals surface area contributed by atoms with Crippen molar-refractivity contribution < 1.29 is 21.6 Å². The zero-order chi connectivity index (χ0) is 14.0. The Hall–Kier alpha value is -0.830. The van der Waals surface area contributed by atoms with Crippen molar-refractivity contribution in [2.45, 2.75) is 16.7 Å². The second-order valence-corrected chi connectivity index (χ2v) is 7.55. The van der Waals surface area contributed by atoms with Gasteiger partial charge in [-0.15, -0.1) is 0 Å². The highest BCUT2D eigenvalue weighted by Gasteiger charge is 2.21. The van der Waals surface area contributed by atoms with E-state index in [9.17, 15) is 16.8 Å². The summed E-state index contributed by atoms with van der Waals surface area (Å²) in [5.74, 6) is -0.0135. The standard InChI is InChI=1S/C9H12ClNO5S2/c1-3-11-18(14,15)7-4-5-8(16-2)9(6-7)17(10,12)13/h4-6,11H,3H2,1-2H3. The van der Waals surface area contributed by atoms with Crippen molar-refractivity contribution in [1.29, 1.82) is 0 Å². The third kappa shape index (κ3) is 3.35. The monoisotopic (exact) mass is 313 g/mol. The van der Waals surface area contributed by atoms with E-state index in [1.165, 1.54) is 19.2 Å². The fourth-order valence-electron chi connectivity index (χ4n) is 1.29. The summed E-state index contributed by atoms with van der Waals surface area (Å²) in [5.41, 5.74) is 0. The number of sulfonamides is 1. The molecule has 0 unspecified atom stereocenters. The van der Waals surface area contributed by atoms with Crippen LogP contribution < -0.4 is 9.46 Å². The fourth-order valence-corrected chi connectivity index (χ4v) is 3.45.